The van der Waals surface area contributed by atoms with Crippen molar-refractivity contribution in [3.63, 3.8) is 0 Å². The van der Waals surface area contributed by atoms with E-state index in [0.29, 0.717) is 32.0 Å². The molecule has 0 spiro atoms. The van der Waals surface area contributed by atoms with Gasteiger partial charge in [0.05, 0.1) is 23.9 Å². The number of halogens is 1. The Balaban J connectivity index is 1.68. The molecule has 1 saturated heterocycles. The lowest BCUT2D eigenvalue weighted by Crippen LogP contribution is -2.40. The van der Waals surface area contributed by atoms with Crippen LogP contribution in [0.15, 0.2) is 52.3 Å². The predicted molar refractivity (Wildman–Crippen MR) is 107 cm³/mol. The highest BCUT2D eigenvalue weighted by atomic mass is 32.2. The lowest BCUT2D eigenvalue weighted by atomic mass is 10.2. The fourth-order valence-corrected chi connectivity index (χ4v) is 4.83. The number of benzene rings is 2. The number of carbonyl (C=O) groups is 1. The van der Waals surface area contributed by atoms with Gasteiger partial charge in [0.15, 0.2) is 0 Å². The third-order valence-electron chi connectivity index (χ3n) is 4.27. The molecule has 1 amide bonds. The van der Waals surface area contributed by atoms with Gasteiger partial charge in [-0.15, -0.1) is 11.8 Å². The summed E-state index contributed by atoms with van der Waals surface area (Å²) in [5.41, 5.74) is 1.22. The predicted octanol–water partition coefficient (Wildman–Crippen LogP) is 2.89. The molecule has 3 rings (SSSR count). The van der Waals surface area contributed by atoms with Crippen LogP contribution in [0.4, 0.5) is 10.1 Å². The fourth-order valence-electron chi connectivity index (χ4n) is 2.70. The quantitative estimate of drug-likeness (QED) is 0.722. The van der Waals surface area contributed by atoms with Gasteiger partial charge in [-0.3, -0.25) is 4.79 Å². The summed E-state index contributed by atoms with van der Waals surface area (Å²) < 4.78 is 45.1. The molecule has 0 aliphatic carbocycles. The van der Waals surface area contributed by atoms with Crippen molar-refractivity contribution in [1.29, 1.82) is 0 Å². The van der Waals surface area contributed by atoms with Gasteiger partial charge in [0.2, 0.25) is 15.9 Å². The SMILES string of the molecule is Cc1ccc(S(=O)(=O)N2CCOCC2)cc1NC(=O)CSc1ccc(F)cc1. The highest BCUT2D eigenvalue weighted by Crippen LogP contribution is 2.24. The third kappa shape index (κ3) is 5.11. The maximum Gasteiger partial charge on any atom is 0.243 e. The van der Waals surface area contributed by atoms with Gasteiger partial charge in [-0.1, -0.05) is 6.07 Å². The van der Waals surface area contributed by atoms with Crippen molar-refractivity contribution in [3.05, 3.63) is 53.8 Å². The van der Waals surface area contributed by atoms with Gasteiger partial charge in [0.25, 0.3) is 0 Å². The molecule has 0 bridgehead atoms. The second-order valence-corrected chi connectivity index (χ2v) is 9.27. The first kappa shape index (κ1) is 20.8. The number of ether oxygens (including phenoxy) is 1. The Labute approximate surface area is 168 Å². The van der Waals surface area contributed by atoms with Crippen molar-refractivity contribution in [2.45, 2.75) is 16.7 Å². The Morgan fingerprint density at radius 1 is 1.18 bits per heavy atom. The minimum Gasteiger partial charge on any atom is -0.379 e. The number of rotatable bonds is 6. The average Bonchev–Trinajstić information content (AvgIpc) is 2.70. The van der Waals surface area contributed by atoms with Gasteiger partial charge >= 0.3 is 0 Å². The van der Waals surface area contributed by atoms with Crippen LogP contribution in [0.1, 0.15) is 5.56 Å². The zero-order valence-corrected chi connectivity index (χ0v) is 17.0. The summed E-state index contributed by atoms with van der Waals surface area (Å²) in [6, 6.07) is 10.6. The summed E-state index contributed by atoms with van der Waals surface area (Å²) in [6.07, 6.45) is 0. The molecule has 9 heteroatoms. The maximum atomic E-state index is 12.9. The number of carbonyl (C=O) groups excluding carboxylic acids is 1. The normalized spacial score (nSPS) is 15.4. The summed E-state index contributed by atoms with van der Waals surface area (Å²) in [6.45, 7) is 3.16. The molecule has 0 unspecified atom stereocenters. The minimum atomic E-state index is -3.64. The van der Waals surface area contributed by atoms with Gasteiger partial charge in [-0.2, -0.15) is 4.31 Å². The van der Waals surface area contributed by atoms with Gasteiger partial charge in [0.1, 0.15) is 5.82 Å². The molecule has 0 saturated carbocycles. The molecule has 0 aromatic heterocycles. The molecule has 2 aromatic rings. The van der Waals surface area contributed by atoms with Crippen LogP contribution < -0.4 is 5.32 Å². The summed E-state index contributed by atoms with van der Waals surface area (Å²) in [5, 5.41) is 2.77. The van der Waals surface area contributed by atoms with E-state index in [-0.39, 0.29) is 22.4 Å². The van der Waals surface area contributed by atoms with Crippen LogP contribution in [0.2, 0.25) is 0 Å². The number of amides is 1. The van der Waals surface area contributed by atoms with Crippen molar-refractivity contribution in [2.24, 2.45) is 0 Å². The number of morpholine rings is 1. The fraction of sp³-hybridized carbons (Fsp3) is 0.316. The van der Waals surface area contributed by atoms with Crippen molar-refractivity contribution in [2.75, 3.05) is 37.4 Å². The van der Waals surface area contributed by atoms with Crippen molar-refractivity contribution < 1.29 is 22.3 Å². The molecule has 1 N–H and O–H groups in total. The molecular weight excluding hydrogens is 403 g/mol. The number of hydrogen-bond acceptors (Lipinski definition) is 5. The van der Waals surface area contributed by atoms with Crippen LogP contribution in [0.5, 0.6) is 0 Å². The Hall–Kier alpha value is -1.94. The number of sulfonamides is 1. The van der Waals surface area contributed by atoms with Crippen molar-refractivity contribution in [3.8, 4) is 0 Å². The van der Waals surface area contributed by atoms with E-state index in [1.807, 2.05) is 0 Å². The number of hydrogen-bond donors (Lipinski definition) is 1. The van der Waals surface area contributed by atoms with E-state index in [4.69, 9.17) is 4.74 Å². The van der Waals surface area contributed by atoms with Crippen LogP contribution >= 0.6 is 11.8 Å². The van der Waals surface area contributed by atoms with E-state index in [0.717, 1.165) is 10.5 Å². The molecule has 1 aliphatic rings. The van der Waals surface area contributed by atoms with Gasteiger partial charge in [-0.25, -0.2) is 12.8 Å². The van der Waals surface area contributed by atoms with Crippen LogP contribution in [0, 0.1) is 12.7 Å². The summed E-state index contributed by atoms with van der Waals surface area (Å²) in [5.74, 6) is -0.466. The zero-order chi connectivity index (χ0) is 20.1. The molecule has 6 nitrogen and oxygen atoms in total. The van der Waals surface area contributed by atoms with Crippen molar-refractivity contribution >= 4 is 33.4 Å². The summed E-state index contributed by atoms with van der Waals surface area (Å²) in [7, 11) is -3.64. The Kier molecular flexibility index (Phi) is 6.71. The van der Waals surface area contributed by atoms with E-state index in [1.54, 1.807) is 31.2 Å². The first-order valence-corrected chi connectivity index (χ1v) is 11.2. The molecule has 2 aromatic carbocycles. The van der Waals surface area contributed by atoms with Crippen LogP contribution in [-0.4, -0.2) is 50.7 Å². The molecule has 28 heavy (non-hydrogen) atoms. The number of thioether (sulfide) groups is 1. The Bertz CT molecular complexity index is 943. The second-order valence-electron chi connectivity index (χ2n) is 6.28. The number of nitrogens with one attached hydrogen (secondary N) is 1. The second kappa shape index (κ2) is 9.04. The smallest absolute Gasteiger partial charge is 0.243 e. The Morgan fingerprint density at radius 3 is 2.54 bits per heavy atom. The molecule has 0 atom stereocenters. The van der Waals surface area contributed by atoms with Gasteiger partial charge in [-0.05, 0) is 48.9 Å². The topological polar surface area (TPSA) is 75.7 Å². The highest BCUT2D eigenvalue weighted by Gasteiger charge is 2.26. The van der Waals surface area contributed by atoms with Crippen LogP contribution in [0.25, 0.3) is 0 Å². The van der Waals surface area contributed by atoms with E-state index in [2.05, 4.69) is 5.32 Å². The minimum absolute atomic E-state index is 0.130. The van der Waals surface area contributed by atoms with Gasteiger partial charge in [0, 0.05) is 23.7 Å². The summed E-state index contributed by atoms with van der Waals surface area (Å²) in [4.78, 5) is 13.2. The molecule has 1 fully saturated rings. The van der Waals surface area contributed by atoms with Gasteiger partial charge < -0.3 is 10.1 Å². The number of aryl methyl sites for hydroxylation is 1. The molecule has 150 valence electrons. The largest absolute Gasteiger partial charge is 0.379 e. The zero-order valence-electron chi connectivity index (χ0n) is 15.4. The first-order chi connectivity index (χ1) is 13.4. The first-order valence-electron chi connectivity index (χ1n) is 8.73. The average molecular weight is 425 g/mol. The standard InChI is InChI=1S/C19H21FN2O4S2/c1-14-2-7-17(28(24,25)22-8-10-26-11-9-22)12-18(14)21-19(23)13-27-16-5-3-15(20)4-6-16/h2-7,12H,8-11,13H2,1H3,(H,21,23). The van der Waals surface area contributed by atoms with Crippen LogP contribution in [-0.2, 0) is 19.6 Å². The maximum absolute atomic E-state index is 12.9. The Morgan fingerprint density at radius 2 is 1.86 bits per heavy atom. The van der Waals surface area contributed by atoms with E-state index < -0.39 is 10.0 Å². The lowest BCUT2D eigenvalue weighted by Gasteiger charge is -2.26. The molecular formula is C19H21FN2O4S2. The van der Waals surface area contributed by atoms with Crippen LogP contribution in [0.3, 0.4) is 0 Å². The molecule has 1 aliphatic heterocycles. The highest BCUT2D eigenvalue weighted by molar-refractivity contribution is 8.00. The summed E-state index contributed by atoms with van der Waals surface area (Å²) >= 11 is 1.28. The van der Waals surface area contributed by atoms with E-state index in [9.17, 15) is 17.6 Å². The molecule has 0 radical (unpaired) electrons. The number of anilines is 1. The van der Waals surface area contributed by atoms with E-state index in [1.165, 1.54) is 34.3 Å². The number of nitrogens with zero attached hydrogens (tertiary/aromatic N) is 1. The lowest BCUT2D eigenvalue weighted by molar-refractivity contribution is -0.113. The monoisotopic (exact) mass is 424 g/mol. The van der Waals surface area contributed by atoms with E-state index >= 15 is 0 Å². The third-order valence-corrected chi connectivity index (χ3v) is 7.18. The molecule has 1 heterocycles. The van der Waals surface area contributed by atoms with Crippen molar-refractivity contribution in [1.82, 2.24) is 4.31 Å².